The number of aryl methyl sites for hydroxylation is 1. The van der Waals surface area contributed by atoms with Crippen molar-refractivity contribution in [2.75, 3.05) is 33.4 Å². The molecule has 0 spiro atoms. The number of benzene rings is 2. The van der Waals surface area contributed by atoms with E-state index in [2.05, 4.69) is 29.4 Å². The fourth-order valence-electron chi connectivity index (χ4n) is 3.80. The number of methoxy groups -OCH3 is 1. The largest absolute Gasteiger partial charge is 0.507 e. The summed E-state index contributed by atoms with van der Waals surface area (Å²) in [6.45, 7) is 5.82. The third-order valence-corrected chi connectivity index (χ3v) is 5.91. The van der Waals surface area contributed by atoms with Gasteiger partial charge in [-0.25, -0.2) is 4.68 Å². The van der Waals surface area contributed by atoms with E-state index in [1.165, 1.54) is 6.07 Å². The molecule has 0 saturated heterocycles. The lowest BCUT2D eigenvalue weighted by molar-refractivity contribution is 0.0694. The summed E-state index contributed by atoms with van der Waals surface area (Å²) >= 11 is 0. The Hall–Kier alpha value is -3.50. The molecule has 0 fully saturated rings. The number of carbonyl (C=O) groups is 1. The molecule has 10 nitrogen and oxygen atoms in total. The summed E-state index contributed by atoms with van der Waals surface area (Å²) in [5.41, 5.74) is 1.82. The number of tetrazole rings is 1. The molecule has 3 aromatic rings. The molecule has 0 aliphatic rings. The number of ether oxygens (including phenoxy) is 1. The average molecular weight is 484 g/mol. The van der Waals surface area contributed by atoms with Crippen LogP contribution in [-0.2, 0) is 11.3 Å². The quantitative estimate of drug-likeness (QED) is 0.335. The van der Waals surface area contributed by atoms with Gasteiger partial charge in [-0.1, -0.05) is 32.4 Å². The number of carbonyl (C=O) groups excluding carboxylic acids is 1. The van der Waals surface area contributed by atoms with Crippen LogP contribution in [0.1, 0.15) is 37.0 Å². The molecule has 35 heavy (non-hydrogen) atoms. The summed E-state index contributed by atoms with van der Waals surface area (Å²) < 4.78 is 6.65. The lowest BCUT2D eigenvalue weighted by Gasteiger charge is -2.25. The van der Waals surface area contributed by atoms with Crippen molar-refractivity contribution in [3.05, 3.63) is 42.0 Å². The molecule has 3 rings (SSSR count). The van der Waals surface area contributed by atoms with Gasteiger partial charge in [-0.2, -0.15) is 0 Å². The zero-order valence-electron chi connectivity index (χ0n) is 20.4. The molecule has 1 aromatic heterocycles. The van der Waals surface area contributed by atoms with E-state index in [9.17, 15) is 20.1 Å². The molecule has 1 amide bonds. The standard InChI is InChI=1S/C25H33N5O5/c1-4-17(2)16-29(10-11-31)25(34)19-8-5-7-18(13-19)20-14-21(23(33)15-22(20)32)24-26-27-28-30(24)9-6-12-35-3/h5,7-8,13-15,17,31-33H,4,6,9-12,16H2,1-3H3. The average Bonchev–Trinajstić information content (AvgIpc) is 3.31. The van der Waals surface area contributed by atoms with Gasteiger partial charge in [0, 0.05) is 50.5 Å². The highest BCUT2D eigenvalue weighted by Crippen LogP contribution is 2.39. The summed E-state index contributed by atoms with van der Waals surface area (Å²) in [4.78, 5) is 14.8. The van der Waals surface area contributed by atoms with Gasteiger partial charge in [0.25, 0.3) is 5.91 Å². The number of aliphatic hydroxyl groups excluding tert-OH is 1. The van der Waals surface area contributed by atoms with Crippen LogP contribution in [0.4, 0.5) is 0 Å². The predicted molar refractivity (Wildman–Crippen MR) is 131 cm³/mol. The Balaban J connectivity index is 1.96. The Morgan fingerprint density at radius 3 is 2.66 bits per heavy atom. The second-order valence-corrected chi connectivity index (χ2v) is 8.53. The number of amides is 1. The van der Waals surface area contributed by atoms with Crippen LogP contribution in [0, 0.1) is 5.92 Å². The highest BCUT2D eigenvalue weighted by Gasteiger charge is 2.20. The van der Waals surface area contributed by atoms with Gasteiger partial charge in [0.1, 0.15) is 11.5 Å². The van der Waals surface area contributed by atoms with Gasteiger partial charge in [-0.15, -0.1) is 5.10 Å². The number of phenolic OH excluding ortho intramolecular Hbond substituents is 2. The number of nitrogens with zero attached hydrogens (tertiary/aromatic N) is 5. The van der Waals surface area contributed by atoms with Crippen LogP contribution < -0.4 is 0 Å². The van der Waals surface area contributed by atoms with Crippen molar-refractivity contribution in [3.8, 4) is 34.0 Å². The van der Waals surface area contributed by atoms with E-state index in [0.29, 0.717) is 60.1 Å². The van der Waals surface area contributed by atoms with Crippen LogP contribution in [-0.4, -0.2) is 79.7 Å². The number of phenols is 2. The van der Waals surface area contributed by atoms with Gasteiger partial charge in [-0.3, -0.25) is 4.79 Å². The Bertz CT molecular complexity index is 1130. The Kier molecular flexibility index (Phi) is 9.16. The first kappa shape index (κ1) is 26.1. The zero-order chi connectivity index (χ0) is 25.4. The number of aromatic nitrogens is 4. The van der Waals surface area contributed by atoms with Crippen LogP contribution in [0.25, 0.3) is 22.5 Å². The van der Waals surface area contributed by atoms with E-state index in [0.717, 1.165) is 6.42 Å². The van der Waals surface area contributed by atoms with Crippen molar-refractivity contribution in [2.45, 2.75) is 33.2 Å². The summed E-state index contributed by atoms with van der Waals surface area (Å²) in [6, 6.07) is 9.77. The minimum atomic E-state index is -0.193. The molecule has 1 heterocycles. The van der Waals surface area contributed by atoms with Gasteiger partial charge in [-0.05, 0) is 46.5 Å². The normalized spacial score (nSPS) is 12.0. The monoisotopic (exact) mass is 483 g/mol. The number of rotatable bonds is 12. The highest BCUT2D eigenvalue weighted by atomic mass is 16.5. The van der Waals surface area contributed by atoms with Crippen molar-refractivity contribution in [1.29, 1.82) is 0 Å². The van der Waals surface area contributed by atoms with Gasteiger partial charge in [0.15, 0.2) is 5.82 Å². The SMILES string of the molecule is CCC(C)CN(CCO)C(=O)c1cccc(-c2cc(-c3nnnn3CCCOC)c(O)cc2O)c1. The van der Waals surface area contributed by atoms with Gasteiger partial charge in [0.2, 0.25) is 0 Å². The minimum Gasteiger partial charge on any atom is -0.507 e. The molecule has 0 bridgehead atoms. The predicted octanol–water partition coefficient (Wildman–Crippen LogP) is 2.94. The maximum Gasteiger partial charge on any atom is 0.253 e. The van der Waals surface area contributed by atoms with E-state index >= 15 is 0 Å². The number of aromatic hydroxyl groups is 2. The van der Waals surface area contributed by atoms with E-state index in [4.69, 9.17) is 4.74 Å². The molecule has 0 saturated carbocycles. The summed E-state index contributed by atoms with van der Waals surface area (Å²) in [7, 11) is 1.62. The first-order valence-electron chi connectivity index (χ1n) is 11.7. The molecule has 2 aromatic carbocycles. The maximum absolute atomic E-state index is 13.2. The van der Waals surface area contributed by atoms with E-state index in [1.807, 2.05) is 0 Å². The van der Waals surface area contributed by atoms with Crippen molar-refractivity contribution < 1.29 is 24.9 Å². The van der Waals surface area contributed by atoms with Crippen molar-refractivity contribution in [3.63, 3.8) is 0 Å². The van der Waals surface area contributed by atoms with Crippen LogP contribution in [0.2, 0.25) is 0 Å². The van der Waals surface area contributed by atoms with E-state index < -0.39 is 0 Å². The van der Waals surface area contributed by atoms with Gasteiger partial charge >= 0.3 is 0 Å². The number of hydrogen-bond donors (Lipinski definition) is 3. The van der Waals surface area contributed by atoms with Crippen molar-refractivity contribution >= 4 is 5.91 Å². The van der Waals surface area contributed by atoms with Crippen LogP contribution >= 0.6 is 0 Å². The second kappa shape index (κ2) is 12.3. The van der Waals surface area contributed by atoms with Crippen molar-refractivity contribution in [2.24, 2.45) is 5.92 Å². The lowest BCUT2D eigenvalue weighted by atomic mass is 9.98. The minimum absolute atomic E-state index is 0.122. The first-order valence-corrected chi connectivity index (χ1v) is 11.7. The van der Waals surface area contributed by atoms with Crippen LogP contribution in [0.15, 0.2) is 36.4 Å². The number of aliphatic hydroxyl groups is 1. The molecule has 1 unspecified atom stereocenters. The maximum atomic E-state index is 13.2. The molecule has 188 valence electrons. The molecule has 0 radical (unpaired) electrons. The van der Waals surface area contributed by atoms with E-state index in [-0.39, 0.29) is 30.6 Å². The Morgan fingerprint density at radius 2 is 1.94 bits per heavy atom. The van der Waals surface area contributed by atoms with Gasteiger partial charge in [0.05, 0.1) is 12.2 Å². The first-order chi connectivity index (χ1) is 16.9. The Morgan fingerprint density at radius 1 is 1.17 bits per heavy atom. The van der Waals surface area contributed by atoms with Crippen LogP contribution in [0.5, 0.6) is 11.5 Å². The molecule has 1 atom stereocenters. The smallest absolute Gasteiger partial charge is 0.253 e. The fraction of sp³-hybridized carbons (Fsp3) is 0.440. The second-order valence-electron chi connectivity index (χ2n) is 8.53. The summed E-state index contributed by atoms with van der Waals surface area (Å²) in [5, 5.41) is 42.4. The zero-order valence-corrected chi connectivity index (χ0v) is 20.4. The summed E-state index contributed by atoms with van der Waals surface area (Å²) in [5.74, 6) is 0.161. The topological polar surface area (TPSA) is 134 Å². The molecule has 0 aliphatic heterocycles. The fourth-order valence-corrected chi connectivity index (χ4v) is 3.80. The molecular weight excluding hydrogens is 450 g/mol. The third kappa shape index (κ3) is 6.34. The molecule has 10 heteroatoms. The van der Waals surface area contributed by atoms with E-state index in [1.54, 1.807) is 47.0 Å². The Labute approximate surface area is 204 Å². The van der Waals surface area contributed by atoms with Crippen LogP contribution in [0.3, 0.4) is 0 Å². The summed E-state index contributed by atoms with van der Waals surface area (Å²) in [6.07, 6.45) is 1.61. The number of hydrogen-bond acceptors (Lipinski definition) is 8. The van der Waals surface area contributed by atoms with Crippen molar-refractivity contribution in [1.82, 2.24) is 25.1 Å². The molecular formula is C25H33N5O5. The molecule has 3 N–H and O–H groups in total. The molecule has 0 aliphatic carbocycles. The lowest BCUT2D eigenvalue weighted by Crippen LogP contribution is -2.36. The third-order valence-electron chi connectivity index (χ3n) is 5.91. The highest BCUT2D eigenvalue weighted by molar-refractivity contribution is 5.96. The van der Waals surface area contributed by atoms with Gasteiger partial charge < -0.3 is 25.0 Å².